The summed E-state index contributed by atoms with van der Waals surface area (Å²) in [7, 11) is 5.60. The van der Waals surface area contributed by atoms with Crippen molar-refractivity contribution >= 4 is 0 Å². The van der Waals surface area contributed by atoms with Gasteiger partial charge in [-0.3, -0.25) is 0 Å². The van der Waals surface area contributed by atoms with Crippen LogP contribution >= 0.6 is 0 Å². The third-order valence-corrected chi connectivity index (χ3v) is 2.42. The van der Waals surface area contributed by atoms with Crippen molar-refractivity contribution in [3.8, 4) is 5.88 Å². The van der Waals surface area contributed by atoms with Crippen LogP contribution in [-0.2, 0) is 13.6 Å². The molecule has 0 aliphatic rings. The number of nitrogens with two attached hydrogens (primary N) is 1. The molecule has 1 heterocycles. The molecule has 0 spiro atoms. The normalized spacial score (nSPS) is 11.1. The van der Waals surface area contributed by atoms with E-state index in [0.29, 0.717) is 6.54 Å². The summed E-state index contributed by atoms with van der Waals surface area (Å²) in [6.07, 6.45) is 0. The van der Waals surface area contributed by atoms with E-state index in [0.717, 1.165) is 30.2 Å². The van der Waals surface area contributed by atoms with E-state index >= 15 is 0 Å². The van der Waals surface area contributed by atoms with Gasteiger partial charge < -0.3 is 15.4 Å². The molecule has 0 radical (unpaired) electrons. The van der Waals surface area contributed by atoms with Gasteiger partial charge in [0.25, 0.3) is 0 Å². The Labute approximate surface area is 90.8 Å². The van der Waals surface area contributed by atoms with Crippen molar-refractivity contribution in [3.05, 3.63) is 11.3 Å². The molecule has 0 aliphatic heterocycles. The molecule has 0 saturated heterocycles. The molecule has 15 heavy (non-hydrogen) atoms. The van der Waals surface area contributed by atoms with Crippen molar-refractivity contribution in [1.82, 2.24) is 14.7 Å². The van der Waals surface area contributed by atoms with Crippen LogP contribution in [0.3, 0.4) is 0 Å². The van der Waals surface area contributed by atoms with Gasteiger partial charge in [-0.05, 0) is 14.0 Å². The lowest BCUT2D eigenvalue weighted by molar-refractivity contribution is 0.318. The smallest absolute Gasteiger partial charge is 0.216 e. The topological polar surface area (TPSA) is 56.3 Å². The summed E-state index contributed by atoms with van der Waals surface area (Å²) in [6.45, 7) is 4.35. The van der Waals surface area contributed by atoms with Gasteiger partial charge in [-0.25, -0.2) is 4.68 Å². The minimum absolute atomic E-state index is 0.665. The molecule has 5 heteroatoms. The molecule has 0 unspecified atom stereocenters. The first-order chi connectivity index (χ1) is 7.10. The SMILES string of the molecule is COc1c(CN(C)CCN)c(C)nn1C. The van der Waals surface area contributed by atoms with Crippen molar-refractivity contribution in [3.63, 3.8) is 0 Å². The number of likely N-dealkylation sites (N-methyl/N-ethyl adjacent to an activating group) is 1. The molecule has 0 saturated carbocycles. The highest BCUT2D eigenvalue weighted by atomic mass is 16.5. The van der Waals surface area contributed by atoms with E-state index in [4.69, 9.17) is 10.5 Å². The molecule has 0 aliphatic carbocycles. The second-order valence-corrected chi connectivity index (χ2v) is 3.72. The Morgan fingerprint density at radius 2 is 2.20 bits per heavy atom. The van der Waals surface area contributed by atoms with Crippen LogP contribution in [0.4, 0.5) is 0 Å². The van der Waals surface area contributed by atoms with Crippen LogP contribution in [0.25, 0.3) is 0 Å². The van der Waals surface area contributed by atoms with E-state index in [2.05, 4.69) is 10.00 Å². The number of hydrogen-bond donors (Lipinski definition) is 1. The highest BCUT2D eigenvalue weighted by Crippen LogP contribution is 2.21. The van der Waals surface area contributed by atoms with Crippen molar-refractivity contribution in [2.45, 2.75) is 13.5 Å². The van der Waals surface area contributed by atoms with Gasteiger partial charge in [0.15, 0.2) is 0 Å². The lowest BCUT2D eigenvalue weighted by atomic mass is 10.2. The zero-order valence-electron chi connectivity index (χ0n) is 9.95. The predicted molar refractivity (Wildman–Crippen MR) is 59.9 cm³/mol. The number of ether oxygens (including phenoxy) is 1. The van der Waals surface area contributed by atoms with E-state index in [1.165, 1.54) is 0 Å². The molecule has 1 aromatic heterocycles. The highest BCUT2D eigenvalue weighted by Gasteiger charge is 2.14. The van der Waals surface area contributed by atoms with Gasteiger partial charge >= 0.3 is 0 Å². The molecule has 0 bridgehead atoms. The molecule has 1 aromatic rings. The molecule has 0 aromatic carbocycles. The lowest BCUT2D eigenvalue weighted by Gasteiger charge is -2.15. The first-order valence-corrected chi connectivity index (χ1v) is 5.05. The fourth-order valence-electron chi connectivity index (χ4n) is 1.69. The van der Waals surface area contributed by atoms with Gasteiger partial charge in [0, 0.05) is 26.7 Å². The molecule has 2 N–H and O–H groups in total. The third-order valence-electron chi connectivity index (χ3n) is 2.42. The number of hydrogen-bond acceptors (Lipinski definition) is 4. The number of methoxy groups -OCH3 is 1. The highest BCUT2D eigenvalue weighted by molar-refractivity contribution is 5.30. The van der Waals surface area contributed by atoms with E-state index in [1.54, 1.807) is 11.8 Å². The number of aromatic nitrogens is 2. The van der Waals surface area contributed by atoms with Crippen LogP contribution in [0.5, 0.6) is 5.88 Å². The van der Waals surface area contributed by atoms with Gasteiger partial charge in [0.1, 0.15) is 0 Å². The van der Waals surface area contributed by atoms with Crippen LogP contribution in [0, 0.1) is 6.92 Å². The van der Waals surface area contributed by atoms with E-state index in [-0.39, 0.29) is 0 Å². The quantitative estimate of drug-likeness (QED) is 0.753. The Morgan fingerprint density at radius 3 is 2.73 bits per heavy atom. The molecule has 1 rings (SSSR count). The van der Waals surface area contributed by atoms with Crippen molar-refractivity contribution in [1.29, 1.82) is 0 Å². The maximum Gasteiger partial charge on any atom is 0.216 e. The molecular formula is C10H20N4O. The van der Waals surface area contributed by atoms with Gasteiger partial charge in [-0.2, -0.15) is 5.10 Å². The van der Waals surface area contributed by atoms with Crippen molar-refractivity contribution < 1.29 is 4.74 Å². The lowest BCUT2D eigenvalue weighted by Crippen LogP contribution is -2.25. The van der Waals surface area contributed by atoms with Crippen LogP contribution in [0.15, 0.2) is 0 Å². The summed E-state index contributed by atoms with van der Waals surface area (Å²) in [5, 5.41) is 4.33. The molecule has 5 nitrogen and oxygen atoms in total. The van der Waals surface area contributed by atoms with Gasteiger partial charge in [-0.15, -0.1) is 0 Å². The first kappa shape index (κ1) is 12.0. The largest absolute Gasteiger partial charge is 0.481 e. The molecular weight excluding hydrogens is 192 g/mol. The summed E-state index contributed by atoms with van der Waals surface area (Å²) >= 11 is 0. The molecule has 0 atom stereocenters. The summed E-state index contributed by atoms with van der Waals surface area (Å²) in [5.74, 6) is 0.830. The van der Waals surface area contributed by atoms with Gasteiger partial charge in [-0.1, -0.05) is 0 Å². The number of rotatable bonds is 5. The Balaban J connectivity index is 2.83. The maximum atomic E-state index is 5.50. The molecule has 0 fully saturated rings. The number of aryl methyl sites for hydroxylation is 2. The summed E-state index contributed by atoms with van der Waals surface area (Å²) in [5.41, 5.74) is 7.65. The Kier molecular flexibility index (Phi) is 4.11. The fraction of sp³-hybridized carbons (Fsp3) is 0.700. The van der Waals surface area contributed by atoms with E-state index < -0.39 is 0 Å². The zero-order valence-corrected chi connectivity index (χ0v) is 9.95. The minimum atomic E-state index is 0.665. The first-order valence-electron chi connectivity index (χ1n) is 5.05. The Bertz CT molecular complexity index is 321. The predicted octanol–water partition coefficient (Wildman–Crippen LogP) is 0.128. The zero-order chi connectivity index (χ0) is 11.4. The van der Waals surface area contributed by atoms with Crippen LogP contribution in [0.2, 0.25) is 0 Å². The second kappa shape index (κ2) is 5.14. The number of nitrogens with zero attached hydrogens (tertiary/aromatic N) is 3. The van der Waals surface area contributed by atoms with Crippen molar-refractivity contribution in [2.24, 2.45) is 12.8 Å². The van der Waals surface area contributed by atoms with Crippen LogP contribution < -0.4 is 10.5 Å². The van der Waals surface area contributed by atoms with Gasteiger partial charge in [0.2, 0.25) is 5.88 Å². The fourth-order valence-corrected chi connectivity index (χ4v) is 1.69. The summed E-state index contributed by atoms with van der Waals surface area (Å²) < 4.78 is 7.08. The average molecular weight is 212 g/mol. The summed E-state index contributed by atoms with van der Waals surface area (Å²) in [6, 6.07) is 0. The van der Waals surface area contributed by atoms with Crippen LogP contribution in [0.1, 0.15) is 11.3 Å². The van der Waals surface area contributed by atoms with E-state index in [1.807, 2.05) is 21.0 Å². The molecule has 0 amide bonds. The van der Waals surface area contributed by atoms with Crippen LogP contribution in [-0.4, -0.2) is 41.9 Å². The van der Waals surface area contributed by atoms with Crippen molar-refractivity contribution in [2.75, 3.05) is 27.2 Å². The monoisotopic (exact) mass is 212 g/mol. The van der Waals surface area contributed by atoms with Gasteiger partial charge in [0.05, 0.1) is 18.4 Å². The minimum Gasteiger partial charge on any atom is -0.481 e. The van der Waals surface area contributed by atoms with E-state index in [9.17, 15) is 0 Å². The standard InChI is InChI=1S/C10H20N4O/c1-8-9(7-13(2)6-5-11)10(15-4)14(3)12-8/h5-7,11H2,1-4H3. The Morgan fingerprint density at radius 1 is 1.53 bits per heavy atom. The Hall–Kier alpha value is -1.07. The molecule has 86 valence electrons. The average Bonchev–Trinajstić information content (AvgIpc) is 2.42. The maximum absolute atomic E-state index is 5.50. The second-order valence-electron chi connectivity index (χ2n) is 3.72. The summed E-state index contributed by atoms with van der Waals surface area (Å²) in [4.78, 5) is 2.16. The third kappa shape index (κ3) is 2.70.